The van der Waals surface area contributed by atoms with Gasteiger partial charge >= 0.3 is 5.97 Å². The standard InChI is InChI=1S/C15H22N2O3/c1-2-6-13(15(19)20)17-11-14(18)16-10-9-12-7-4-3-5-8-12/h3-5,7-8,13,17H,2,6,9-11H2,1H3,(H,16,18)(H,19,20). The van der Waals surface area contributed by atoms with Gasteiger partial charge in [0.05, 0.1) is 6.54 Å². The third kappa shape index (κ3) is 6.33. The lowest BCUT2D eigenvalue weighted by molar-refractivity contribution is -0.139. The molecule has 1 atom stereocenters. The molecule has 1 aromatic rings. The zero-order valence-electron chi connectivity index (χ0n) is 11.8. The first-order valence-electron chi connectivity index (χ1n) is 6.90. The second-order valence-corrected chi connectivity index (χ2v) is 4.65. The molecule has 0 aromatic heterocycles. The molecule has 0 aliphatic rings. The number of aliphatic carboxylic acids is 1. The van der Waals surface area contributed by atoms with Gasteiger partial charge < -0.3 is 10.4 Å². The number of carboxylic acid groups (broad SMARTS) is 1. The Morgan fingerprint density at radius 2 is 1.95 bits per heavy atom. The molecule has 0 spiro atoms. The Bertz CT molecular complexity index is 420. The predicted octanol–water partition coefficient (Wildman–Crippen LogP) is 1.19. The van der Waals surface area contributed by atoms with Crippen LogP contribution in [0.2, 0.25) is 0 Å². The van der Waals surface area contributed by atoms with E-state index in [0.717, 1.165) is 18.4 Å². The lowest BCUT2D eigenvalue weighted by Gasteiger charge is -2.13. The minimum atomic E-state index is -0.913. The molecule has 1 rings (SSSR count). The SMILES string of the molecule is CCCC(NCC(=O)NCCc1ccccc1)C(=O)O. The molecule has 5 heteroatoms. The van der Waals surface area contributed by atoms with Crippen molar-refractivity contribution in [3.63, 3.8) is 0 Å². The molecule has 0 fully saturated rings. The van der Waals surface area contributed by atoms with Gasteiger partial charge in [0.15, 0.2) is 0 Å². The van der Waals surface area contributed by atoms with E-state index in [4.69, 9.17) is 5.11 Å². The Morgan fingerprint density at radius 1 is 1.25 bits per heavy atom. The Labute approximate surface area is 119 Å². The quantitative estimate of drug-likeness (QED) is 0.634. The van der Waals surface area contributed by atoms with Crippen LogP contribution in [0.4, 0.5) is 0 Å². The molecule has 0 aliphatic carbocycles. The molecule has 3 N–H and O–H groups in total. The zero-order valence-corrected chi connectivity index (χ0v) is 11.8. The highest BCUT2D eigenvalue weighted by molar-refractivity contribution is 5.79. The van der Waals surface area contributed by atoms with Gasteiger partial charge in [-0.1, -0.05) is 43.7 Å². The van der Waals surface area contributed by atoms with Gasteiger partial charge in [0, 0.05) is 6.54 Å². The van der Waals surface area contributed by atoms with Crippen LogP contribution < -0.4 is 10.6 Å². The third-order valence-corrected chi connectivity index (χ3v) is 2.96. The van der Waals surface area contributed by atoms with E-state index < -0.39 is 12.0 Å². The molecule has 0 radical (unpaired) electrons. The lowest BCUT2D eigenvalue weighted by Crippen LogP contribution is -2.43. The highest BCUT2D eigenvalue weighted by atomic mass is 16.4. The molecular weight excluding hydrogens is 256 g/mol. The van der Waals surface area contributed by atoms with Crippen LogP contribution >= 0.6 is 0 Å². The van der Waals surface area contributed by atoms with E-state index in [1.54, 1.807) is 0 Å². The first-order chi connectivity index (χ1) is 9.63. The smallest absolute Gasteiger partial charge is 0.320 e. The summed E-state index contributed by atoms with van der Waals surface area (Å²) in [4.78, 5) is 22.5. The van der Waals surface area contributed by atoms with Gasteiger partial charge in [0.1, 0.15) is 6.04 Å². The van der Waals surface area contributed by atoms with Crippen LogP contribution in [0.5, 0.6) is 0 Å². The van der Waals surface area contributed by atoms with Crippen molar-refractivity contribution in [3.8, 4) is 0 Å². The number of hydrogen-bond donors (Lipinski definition) is 3. The van der Waals surface area contributed by atoms with Gasteiger partial charge in [-0.2, -0.15) is 0 Å². The van der Waals surface area contributed by atoms with E-state index in [2.05, 4.69) is 10.6 Å². The minimum absolute atomic E-state index is 0.0335. The van der Waals surface area contributed by atoms with Gasteiger partial charge in [-0.25, -0.2) is 0 Å². The van der Waals surface area contributed by atoms with Crippen LogP contribution in [0.25, 0.3) is 0 Å². The van der Waals surface area contributed by atoms with E-state index in [9.17, 15) is 9.59 Å². The summed E-state index contributed by atoms with van der Waals surface area (Å²) in [7, 11) is 0. The number of carbonyl (C=O) groups excluding carboxylic acids is 1. The predicted molar refractivity (Wildman–Crippen MR) is 77.5 cm³/mol. The number of benzene rings is 1. The molecule has 0 bridgehead atoms. The zero-order chi connectivity index (χ0) is 14.8. The summed E-state index contributed by atoms with van der Waals surface area (Å²) in [5.41, 5.74) is 1.16. The number of amides is 1. The van der Waals surface area contributed by atoms with Crippen molar-refractivity contribution in [2.24, 2.45) is 0 Å². The van der Waals surface area contributed by atoms with Crippen LogP contribution in [0.15, 0.2) is 30.3 Å². The summed E-state index contributed by atoms with van der Waals surface area (Å²) >= 11 is 0. The van der Waals surface area contributed by atoms with Gasteiger partial charge in [0.2, 0.25) is 5.91 Å². The molecule has 0 heterocycles. The average Bonchev–Trinajstić information content (AvgIpc) is 2.44. The van der Waals surface area contributed by atoms with E-state index >= 15 is 0 Å². The third-order valence-electron chi connectivity index (χ3n) is 2.96. The number of rotatable bonds is 9. The molecule has 1 unspecified atom stereocenters. The summed E-state index contributed by atoms with van der Waals surface area (Å²) < 4.78 is 0. The van der Waals surface area contributed by atoms with Crippen molar-refractivity contribution in [1.82, 2.24) is 10.6 Å². The molecule has 110 valence electrons. The molecule has 5 nitrogen and oxygen atoms in total. The van der Waals surface area contributed by atoms with Gasteiger partial charge in [-0.15, -0.1) is 0 Å². The number of carbonyl (C=O) groups is 2. The average molecular weight is 278 g/mol. The molecule has 0 aliphatic heterocycles. The summed E-state index contributed by atoms with van der Waals surface area (Å²) in [6, 6.07) is 9.23. The molecule has 1 aromatic carbocycles. The maximum atomic E-state index is 11.6. The Balaban J connectivity index is 2.21. The first kappa shape index (κ1) is 16.2. The minimum Gasteiger partial charge on any atom is -0.480 e. The van der Waals surface area contributed by atoms with E-state index in [0.29, 0.717) is 13.0 Å². The van der Waals surface area contributed by atoms with Crippen molar-refractivity contribution in [2.75, 3.05) is 13.1 Å². The summed E-state index contributed by atoms with van der Waals surface area (Å²) in [5.74, 6) is -1.09. The normalized spacial score (nSPS) is 11.8. The van der Waals surface area contributed by atoms with Gasteiger partial charge in [-0.05, 0) is 18.4 Å². The highest BCUT2D eigenvalue weighted by Gasteiger charge is 2.16. The van der Waals surface area contributed by atoms with Crippen LogP contribution in [0, 0.1) is 0 Å². The fourth-order valence-corrected chi connectivity index (χ4v) is 1.87. The Hall–Kier alpha value is -1.88. The van der Waals surface area contributed by atoms with Crippen molar-refractivity contribution in [1.29, 1.82) is 0 Å². The van der Waals surface area contributed by atoms with E-state index in [-0.39, 0.29) is 12.5 Å². The van der Waals surface area contributed by atoms with Crippen LogP contribution in [-0.4, -0.2) is 36.1 Å². The molecular formula is C15H22N2O3. The van der Waals surface area contributed by atoms with Crippen molar-refractivity contribution < 1.29 is 14.7 Å². The monoisotopic (exact) mass is 278 g/mol. The molecule has 1 amide bonds. The Morgan fingerprint density at radius 3 is 2.55 bits per heavy atom. The van der Waals surface area contributed by atoms with Crippen LogP contribution in [-0.2, 0) is 16.0 Å². The second kappa shape index (κ2) is 9.09. The number of nitrogens with one attached hydrogen (secondary N) is 2. The first-order valence-corrected chi connectivity index (χ1v) is 6.90. The molecule has 0 saturated heterocycles. The van der Waals surface area contributed by atoms with Crippen molar-refractivity contribution >= 4 is 11.9 Å². The van der Waals surface area contributed by atoms with Crippen LogP contribution in [0.1, 0.15) is 25.3 Å². The second-order valence-electron chi connectivity index (χ2n) is 4.65. The molecule has 0 saturated carbocycles. The fourth-order valence-electron chi connectivity index (χ4n) is 1.87. The summed E-state index contributed by atoms with van der Waals surface area (Å²) in [5, 5.41) is 14.5. The van der Waals surface area contributed by atoms with Gasteiger partial charge in [-0.3, -0.25) is 14.9 Å². The maximum Gasteiger partial charge on any atom is 0.320 e. The Kier molecular flexibility index (Phi) is 7.35. The van der Waals surface area contributed by atoms with E-state index in [1.807, 2.05) is 37.3 Å². The van der Waals surface area contributed by atoms with Crippen LogP contribution in [0.3, 0.4) is 0 Å². The molecule has 20 heavy (non-hydrogen) atoms. The summed E-state index contributed by atoms with van der Waals surface area (Å²) in [6.45, 7) is 2.50. The van der Waals surface area contributed by atoms with E-state index in [1.165, 1.54) is 0 Å². The number of hydrogen-bond acceptors (Lipinski definition) is 3. The van der Waals surface area contributed by atoms with Crippen molar-refractivity contribution in [3.05, 3.63) is 35.9 Å². The lowest BCUT2D eigenvalue weighted by atomic mass is 10.1. The highest BCUT2D eigenvalue weighted by Crippen LogP contribution is 1.98. The maximum absolute atomic E-state index is 11.6. The fraction of sp³-hybridized carbons (Fsp3) is 0.467. The van der Waals surface area contributed by atoms with Gasteiger partial charge in [0.25, 0.3) is 0 Å². The van der Waals surface area contributed by atoms with Crippen molar-refractivity contribution in [2.45, 2.75) is 32.2 Å². The summed E-state index contributed by atoms with van der Waals surface area (Å²) in [6.07, 6.45) is 2.05. The topological polar surface area (TPSA) is 78.4 Å². The largest absolute Gasteiger partial charge is 0.480 e. The number of carboxylic acids is 1.